The Kier molecular flexibility index (Phi) is 11.3. The van der Waals surface area contributed by atoms with Gasteiger partial charge in [0.25, 0.3) is 0 Å². The lowest BCUT2D eigenvalue weighted by atomic mass is 10.1. The molecule has 0 bridgehead atoms. The summed E-state index contributed by atoms with van der Waals surface area (Å²) in [4.78, 5) is 0. The number of fused-ring (bicyclic) bond motifs is 1. The standard InChI is InChI=1S/C16H13NOS2.2CHF3O3S/c18-17-15-14-9-5-4-8-13(14)11-20-16(15)19-10-12-6-2-1-3-7-12;2*2-1(3,4)8(5,6)7/h1-9H,10-11H2;2*(H,5,6,7)/b17-15+;;. The number of thioether (sulfide) groups is 1. The van der Waals surface area contributed by atoms with Crippen molar-refractivity contribution in [3.05, 3.63) is 71.3 Å². The van der Waals surface area contributed by atoms with Crippen LogP contribution in [0.25, 0.3) is 0 Å². The summed E-state index contributed by atoms with van der Waals surface area (Å²) in [7, 11) is -12.2. The first-order chi connectivity index (χ1) is 16.4. The van der Waals surface area contributed by atoms with E-state index in [1.807, 2.05) is 18.2 Å². The average molecular weight is 600 g/mol. The molecule has 1 aliphatic heterocycles. The zero-order valence-electron chi connectivity index (χ0n) is 17.4. The normalized spacial score (nSPS) is 15.0. The highest BCUT2D eigenvalue weighted by atomic mass is 32.2. The summed E-state index contributed by atoms with van der Waals surface area (Å²) >= 11 is 3.54. The van der Waals surface area contributed by atoms with Crippen molar-refractivity contribution in [3.8, 4) is 0 Å². The summed E-state index contributed by atoms with van der Waals surface area (Å²) in [5, 5.41) is 11.9. The van der Waals surface area contributed by atoms with Gasteiger partial charge in [-0.3, -0.25) is 5.21 Å². The van der Waals surface area contributed by atoms with Gasteiger partial charge in [-0.2, -0.15) is 26.3 Å². The van der Waals surface area contributed by atoms with Crippen molar-refractivity contribution in [1.82, 2.24) is 0 Å². The predicted octanol–water partition coefficient (Wildman–Crippen LogP) is 1.71. The van der Waals surface area contributed by atoms with Gasteiger partial charge < -0.3 is 9.11 Å². The predicted molar refractivity (Wildman–Crippen MR) is 119 cm³/mol. The molecule has 0 aliphatic carbocycles. The van der Waals surface area contributed by atoms with Crippen LogP contribution in [0.5, 0.6) is 0 Å². The number of benzene rings is 2. The largest absolute Gasteiger partial charge is 0.741 e. The van der Waals surface area contributed by atoms with Crippen LogP contribution in [0.3, 0.4) is 0 Å². The van der Waals surface area contributed by atoms with Crippen LogP contribution in [0.15, 0.2) is 54.6 Å². The maximum Gasteiger partial charge on any atom is 0.485 e. The van der Waals surface area contributed by atoms with E-state index in [1.54, 1.807) is 23.1 Å². The van der Waals surface area contributed by atoms with E-state index in [1.165, 1.54) is 11.1 Å². The van der Waals surface area contributed by atoms with Crippen molar-refractivity contribution < 1.29 is 62.6 Å². The van der Waals surface area contributed by atoms with Crippen molar-refractivity contribution in [2.45, 2.75) is 22.5 Å². The van der Waals surface area contributed by atoms with Gasteiger partial charge in [0, 0.05) is 11.3 Å². The molecule has 8 nitrogen and oxygen atoms in total. The molecule has 0 saturated carbocycles. The first kappa shape index (κ1) is 31.8. The fourth-order valence-electron chi connectivity index (χ4n) is 2.16. The van der Waals surface area contributed by atoms with Crippen LogP contribution in [-0.4, -0.2) is 52.1 Å². The van der Waals surface area contributed by atoms with E-state index in [0.717, 1.165) is 27.0 Å². The summed E-state index contributed by atoms with van der Waals surface area (Å²) < 4.78 is 119. The molecular weight excluding hydrogens is 584 g/mol. The molecule has 0 radical (unpaired) electrons. The summed E-state index contributed by atoms with van der Waals surface area (Å²) in [6, 6.07) is 18.6. The van der Waals surface area contributed by atoms with Crippen molar-refractivity contribution in [2.75, 3.05) is 0 Å². The summed E-state index contributed by atoms with van der Waals surface area (Å²) in [5.74, 6) is 1.87. The maximum absolute atomic E-state index is 10.7. The second kappa shape index (κ2) is 12.8. The summed E-state index contributed by atoms with van der Waals surface area (Å²) in [5.41, 5.74) is -6.80. The second-order valence-electron chi connectivity index (χ2n) is 6.29. The topological polar surface area (TPSA) is 149 Å². The van der Waals surface area contributed by atoms with Gasteiger partial charge in [0.2, 0.25) is 17.1 Å². The summed E-state index contributed by atoms with van der Waals surface area (Å²) in [6.45, 7) is 0. The highest BCUT2D eigenvalue weighted by Gasteiger charge is 2.37. The number of halogens is 6. The van der Waals surface area contributed by atoms with E-state index in [2.05, 4.69) is 41.6 Å². The quantitative estimate of drug-likeness (QED) is 0.101. The van der Waals surface area contributed by atoms with E-state index < -0.39 is 31.3 Å². The Bertz CT molecular complexity index is 1250. The molecular formula is C18H15F6NO7S4. The molecule has 1 heterocycles. The smallest absolute Gasteiger partial charge is 0.485 e. The molecule has 0 aromatic heterocycles. The molecule has 2 N–H and O–H groups in total. The van der Waals surface area contributed by atoms with Crippen molar-refractivity contribution in [1.29, 1.82) is 0 Å². The number of rotatable bonds is 2. The number of hydrogen-bond donors (Lipinski definition) is 2. The van der Waals surface area contributed by atoms with E-state index in [9.17, 15) is 31.5 Å². The van der Waals surface area contributed by atoms with E-state index in [0.29, 0.717) is 0 Å². The van der Waals surface area contributed by atoms with Crippen LogP contribution in [-0.2, 0) is 43.1 Å². The molecule has 1 aliphatic rings. The van der Waals surface area contributed by atoms with E-state index in [4.69, 9.17) is 25.9 Å². The number of nitrogens with one attached hydrogen (secondary N) is 1. The first-order valence-electron chi connectivity index (χ1n) is 8.95. The minimum atomic E-state index is -6.09. The molecule has 200 valence electrons. The fourth-order valence-corrected chi connectivity index (χ4v) is 4.47. The van der Waals surface area contributed by atoms with Crippen LogP contribution < -0.4 is 5.16 Å². The first-order valence-corrected chi connectivity index (χ1v) is 13.7. The van der Waals surface area contributed by atoms with Gasteiger partial charge in [-0.05, 0) is 16.8 Å². The van der Waals surface area contributed by atoms with Gasteiger partial charge in [0.15, 0.2) is 20.2 Å². The third kappa shape index (κ3) is 10.0. The van der Waals surface area contributed by atoms with E-state index >= 15 is 0 Å². The van der Waals surface area contributed by atoms with Gasteiger partial charge in [0.1, 0.15) is 0 Å². The lowest BCUT2D eigenvalue weighted by Crippen LogP contribution is -2.71. The molecule has 36 heavy (non-hydrogen) atoms. The third-order valence-corrected chi connectivity index (χ3v) is 7.45. The SMILES string of the molecule is O/[NH+]=C1/C(SCc2ccccc2)=[S+]Cc2ccccc21.O=S(=O)([O-])C(F)(F)F.O=S(=O)([O-])C(F)(F)F. The second-order valence-corrected chi connectivity index (χ2v) is 11.3. The van der Waals surface area contributed by atoms with Crippen LogP contribution in [0.1, 0.15) is 16.7 Å². The van der Waals surface area contributed by atoms with Gasteiger partial charge in [-0.1, -0.05) is 60.3 Å². The van der Waals surface area contributed by atoms with Gasteiger partial charge in [0.05, 0.1) is 5.56 Å². The Labute approximate surface area is 209 Å². The third-order valence-electron chi connectivity index (χ3n) is 3.74. The molecule has 0 spiro atoms. The molecule has 2 aromatic rings. The van der Waals surface area contributed by atoms with Crippen LogP contribution in [0, 0.1) is 0 Å². The zero-order chi connectivity index (χ0) is 27.8. The van der Waals surface area contributed by atoms with Crippen LogP contribution in [0.2, 0.25) is 0 Å². The lowest BCUT2D eigenvalue weighted by Gasteiger charge is -2.08. The molecule has 0 fully saturated rings. The Morgan fingerprint density at radius 3 is 1.75 bits per heavy atom. The van der Waals surface area contributed by atoms with E-state index in [-0.39, 0.29) is 0 Å². The Hall–Kier alpha value is -2.25. The monoisotopic (exact) mass is 599 g/mol. The Morgan fingerprint density at radius 1 is 0.861 bits per heavy atom. The van der Waals surface area contributed by atoms with Crippen LogP contribution in [0.4, 0.5) is 26.3 Å². The van der Waals surface area contributed by atoms with Crippen molar-refractivity contribution in [3.63, 3.8) is 0 Å². The molecule has 18 heteroatoms. The minimum absolute atomic E-state index is 0.831. The molecule has 2 aromatic carbocycles. The Balaban J connectivity index is 0.000000337. The maximum atomic E-state index is 10.7. The molecule has 0 amide bonds. The van der Waals surface area contributed by atoms with Crippen molar-refractivity contribution in [2.24, 2.45) is 0 Å². The zero-order valence-corrected chi connectivity index (χ0v) is 20.7. The van der Waals surface area contributed by atoms with Gasteiger partial charge in [-0.25, -0.2) is 16.8 Å². The summed E-state index contributed by atoms with van der Waals surface area (Å²) in [6.07, 6.45) is 0. The Morgan fingerprint density at radius 2 is 1.31 bits per heavy atom. The van der Waals surface area contributed by atoms with Gasteiger partial charge >= 0.3 is 20.9 Å². The fraction of sp³-hybridized carbons (Fsp3) is 0.222. The number of alkyl halides is 6. The van der Waals surface area contributed by atoms with Gasteiger partial charge in [-0.15, -0.1) is 0 Å². The molecule has 0 unspecified atom stereocenters. The average Bonchev–Trinajstić information content (AvgIpc) is 2.76. The highest BCUT2D eigenvalue weighted by molar-refractivity contribution is 8.24. The van der Waals surface area contributed by atoms with Crippen LogP contribution >= 0.6 is 11.8 Å². The lowest BCUT2D eigenvalue weighted by molar-refractivity contribution is -0.735. The minimum Gasteiger partial charge on any atom is -0.741 e. The molecule has 3 rings (SSSR count). The molecule has 0 saturated heterocycles. The highest BCUT2D eigenvalue weighted by Crippen LogP contribution is 2.22. The number of hydrogen-bond acceptors (Lipinski definition) is 8. The molecule has 0 atom stereocenters. The van der Waals surface area contributed by atoms with Crippen molar-refractivity contribution >= 4 is 53.3 Å².